The second-order valence-corrected chi connectivity index (χ2v) is 7.76. The molecule has 0 amide bonds. The summed E-state index contributed by atoms with van der Waals surface area (Å²) in [5.41, 5.74) is 11.0. The van der Waals surface area contributed by atoms with Crippen LogP contribution in [-0.4, -0.2) is 24.2 Å². The number of pyridine rings is 1. The van der Waals surface area contributed by atoms with Crippen molar-refractivity contribution in [2.45, 2.75) is 57.1 Å². The Labute approximate surface area is 156 Å². The molecule has 2 fully saturated rings. The van der Waals surface area contributed by atoms with Crippen molar-refractivity contribution in [1.29, 1.82) is 0 Å². The first-order valence-electron chi connectivity index (χ1n) is 9.91. The molecule has 1 aliphatic heterocycles. The van der Waals surface area contributed by atoms with E-state index in [1.54, 1.807) is 0 Å². The number of nitrogen functional groups attached to an aromatic ring is 1. The average molecular weight is 351 g/mol. The standard InChI is InChI=1S/C22H29N3O/c1-15-12-24-21(14-26-15)20-11-17(18-8-10-22(23)25-13-18)7-9-19(20)16-5-3-2-4-6-16/h7-11,13,15-16,21,24H,2-6,12,14H2,1H3,(H2,23,25)/t15?,21-/m0/s1. The van der Waals surface area contributed by atoms with Gasteiger partial charge in [-0.05, 0) is 60.6 Å². The minimum atomic E-state index is 0.268. The highest BCUT2D eigenvalue weighted by Crippen LogP contribution is 2.38. The highest BCUT2D eigenvalue weighted by atomic mass is 16.5. The van der Waals surface area contributed by atoms with E-state index in [2.05, 4.69) is 41.5 Å². The number of nitrogens with two attached hydrogens (primary N) is 1. The normalized spacial score (nSPS) is 24.5. The monoisotopic (exact) mass is 351 g/mol. The van der Waals surface area contributed by atoms with Gasteiger partial charge < -0.3 is 15.8 Å². The minimum absolute atomic E-state index is 0.268. The summed E-state index contributed by atoms with van der Waals surface area (Å²) in [6, 6.07) is 11.1. The van der Waals surface area contributed by atoms with Gasteiger partial charge >= 0.3 is 0 Å². The maximum absolute atomic E-state index is 5.96. The summed E-state index contributed by atoms with van der Waals surface area (Å²) in [6.45, 7) is 3.77. The number of benzene rings is 1. The molecule has 1 aliphatic carbocycles. The quantitative estimate of drug-likeness (QED) is 0.859. The smallest absolute Gasteiger partial charge is 0.123 e. The number of nitrogens with one attached hydrogen (secondary N) is 1. The molecule has 0 spiro atoms. The fourth-order valence-corrected chi connectivity index (χ4v) is 4.30. The van der Waals surface area contributed by atoms with E-state index in [9.17, 15) is 0 Å². The summed E-state index contributed by atoms with van der Waals surface area (Å²) < 4.78 is 5.96. The Balaban J connectivity index is 1.70. The number of anilines is 1. The Kier molecular flexibility index (Phi) is 5.23. The van der Waals surface area contributed by atoms with Crippen molar-refractivity contribution in [1.82, 2.24) is 10.3 Å². The van der Waals surface area contributed by atoms with Gasteiger partial charge in [-0.2, -0.15) is 0 Å². The zero-order valence-electron chi connectivity index (χ0n) is 15.6. The Morgan fingerprint density at radius 3 is 2.54 bits per heavy atom. The van der Waals surface area contributed by atoms with Crippen molar-refractivity contribution >= 4 is 5.82 Å². The van der Waals surface area contributed by atoms with Crippen molar-refractivity contribution in [3.8, 4) is 11.1 Å². The third-order valence-corrected chi connectivity index (χ3v) is 5.83. The lowest BCUT2D eigenvalue weighted by Gasteiger charge is -2.33. The van der Waals surface area contributed by atoms with Crippen LogP contribution in [0.3, 0.4) is 0 Å². The summed E-state index contributed by atoms with van der Waals surface area (Å²) in [5, 5.41) is 3.69. The maximum atomic E-state index is 5.96. The number of ether oxygens (including phenoxy) is 1. The molecule has 3 N–H and O–H groups in total. The van der Waals surface area contributed by atoms with Gasteiger partial charge in [0.05, 0.1) is 18.8 Å². The Morgan fingerprint density at radius 1 is 1.04 bits per heavy atom. The maximum Gasteiger partial charge on any atom is 0.123 e. The molecule has 1 unspecified atom stereocenters. The Morgan fingerprint density at radius 2 is 1.85 bits per heavy atom. The van der Waals surface area contributed by atoms with Crippen LogP contribution in [0.4, 0.5) is 5.82 Å². The molecule has 0 radical (unpaired) electrons. The Hall–Kier alpha value is -1.91. The van der Waals surface area contributed by atoms with Crippen molar-refractivity contribution in [2.24, 2.45) is 0 Å². The number of hydrogen-bond acceptors (Lipinski definition) is 4. The molecule has 138 valence electrons. The molecule has 2 aromatic rings. The van der Waals surface area contributed by atoms with Crippen LogP contribution in [0.1, 0.15) is 62.1 Å². The van der Waals surface area contributed by atoms with Crippen LogP contribution in [-0.2, 0) is 4.74 Å². The zero-order valence-corrected chi connectivity index (χ0v) is 15.6. The molecule has 1 saturated heterocycles. The third kappa shape index (κ3) is 3.76. The second kappa shape index (κ2) is 7.77. The molecule has 2 aliphatic rings. The van der Waals surface area contributed by atoms with Crippen LogP contribution in [0.25, 0.3) is 11.1 Å². The van der Waals surface area contributed by atoms with Gasteiger partial charge in [0, 0.05) is 18.3 Å². The average Bonchev–Trinajstić information content (AvgIpc) is 2.69. The van der Waals surface area contributed by atoms with Gasteiger partial charge in [0.25, 0.3) is 0 Å². The number of rotatable bonds is 3. The second-order valence-electron chi connectivity index (χ2n) is 7.76. The molecular formula is C22H29N3O. The lowest BCUT2D eigenvalue weighted by molar-refractivity contribution is 0.0146. The topological polar surface area (TPSA) is 60.2 Å². The van der Waals surface area contributed by atoms with Gasteiger partial charge in [0.1, 0.15) is 5.82 Å². The van der Waals surface area contributed by atoms with Gasteiger partial charge in [-0.15, -0.1) is 0 Å². The number of aromatic nitrogens is 1. The van der Waals surface area contributed by atoms with E-state index in [0.717, 1.165) is 18.7 Å². The first-order valence-corrected chi connectivity index (χ1v) is 9.91. The molecular weight excluding hydrogens is 322 g/mol. The molecule has 1 aromatic heterocycles. The zero-order chi connectivity index (χ0) is 17.9. The molecule has 4 nitrogen and oxygen atoms in total. The molecule has 4 rings (SSSR count). The van der Waals surface area contributed by atoms with E-state index in [0.29, 0.717) is 11.7 Å². The van der Waals surface area contributed by atoms with Gasteiger partial charge in [-0.25, -0.2) is 4.98 Å². The van der Waals surface area contributed by atoms with E-state index in [4.69, 9.17) is 10.5 Å². The predicted octanol–water partition coefficient (Wildman–Crippen LogP) is 4.43. The number of morpholine rings is 1. The first-order chi connectivity index (χ1) is 12.7. The van der Waals surface area contributed by atoms with Gasteiger partial charge in [-0.3, -0.25) is 0 Å². The molecule has 1 aromatic carbocycles. The van der Waals surface area contributed by atoms with Gasteiger partial charge in [-0.1, -0.05) is 31.4 Å². The van der Waals surface area contributed by atoms with Gasteiger partial charge in [0.15, 0.2) is 0 Å². The van der Waals surface area contributed by atoms with Crippen molar-refractivity contribution in [3.05, 3.63) is 47.7 Å². The highest BCUT2D eigenvalue weighted by molar-refractivity contribution is 5.65. The molecule has 2 atom stereocenters. The van der Waals surface area contributed by atoms with Crippen LogP contribution >= 0.6 is 0 Å². The molecule has 4 heteroatoms. The van der Waals surface area contributed by atoms with Crippen LogP contribution in [0.2, 0.25) is 0 Å². The van der Waals surface area contributed by atoms with Crippen molar-refractivity contribution < 1.29 is 4.74 Å². The van der Waals surface area contributed by atoms with Crippen molar-refractivity contribution in [2.75, 3.05) is 18.9 Å². The minimum Gasteiger partial charge on any atom is -0.384 e. The largest absolute Gasteiger partial charge is 0.384 e. The predicted molar refractivity (Wildman–Crippen MR) is 106 cm³/mol. The first kappa shape index (κ1) is 17.5. The Bertz CT molecular complexity index is 730. The molecule has 0 bridgehead atoms. The summed E-state index contributed by atoms with van der Waals surface area (Å²) >= 11 is 0. The highest BCUT2D eigenvalue weighted by Gasteiger charge is 2.26. The fraction of sp³-hybridized carbons (Fsp3) is 0.500. The molecule has 26 heavy (non-hydrogen) atoms. The summed E-state index contributed by atoms with van der Waals surface area (Å²) in [5.74, 6) is 1.24. The van der Waals surface area contributed by atoms with E-state index >= 15 is 0 Å². The van der Waals surface area contributed by atoms with E-state index in [1.807, 2.05) is 12.3 Å². The fourth-order valence-electron chi connectivity index (χ4n) is 4.30. The molecule has 2 heterocycles. The third-order valence-electron chi connectivity index (χ3n) is 5.83. The SMILES string of the molecule is CC1CN[C@H](c2cc(-c3ccc(N)nc3)ccc2C2CCCCC2)CO1. The van der Waals surface area contributed by atoms with E-state index in [1.165, 1.54) is 48.8 Å². The van der Waals surface area contributed by atoms with E-state index in [-0.39, 0.29) is 12.1 Å². The summed E-state index contributed by atoms with van der Waals surface area (Å²) in [6.07, 6.45) is 8.83. The molecule has 1 saturated carbocycles. The van der Waals surface area contributed by atoms with Gasteiger partial charge in [0.2, 0.25) is 0 Å². The van der Waals surface area contributed by atoms with Crippen LogP contribution < -0.4 is 11.1 Å². The van der Waals surface area contributed by atoms with Crippen LogP contribution in [0.15, 0.2) is 36.5 Å². The number of nitrogens with zero attached hydrogens (tertiary/aromatic N) is 1. The lowest BCUT2D eigenvalue weighted by atomic mass is 9.80. The lowest BCUT2D eigenvalue weighted by Crippen LogP contribution is -2.40. The summed E-state index contributed by atoms with van der Waals surface area (Å²) in [4.78, 5) is 4.26. The van der Waals surface area contributed by atoms with E-state index < -0.39 is 0 Å². The van der Waals surface area contributed by atoms with Crippen LogP contribution in [0.5, 0.6) is 0 Å². The van der Waals surface area contributed by atoms with Crippen LogP contribution in [0, 0.1) is 0 Å². The van der Waals surface area contributed by atoms with Crippen molar-refractivity contribution in [3.63, 3.8) is 0 Å². The summed E-state index contributed by atoms with van der Waals surface area (Å²) in [7, 11) is 0. The number of hydrogen-bond donors (Lipinski definition) is 2.